The first-order chi connectivity index (χ1) is 6.22. The predicted octanol–water partition coefficient (Wildman–Crippen LogP) is 0.299. The molecule has 2 N–H and O–H groups in total. The molecule has 3 heteroatoms. The lowest BCUT2D eigenvalue weighted by Gasteiger charge is -2.31. The molecular formula is C10H22N2O. The van der Waals surface area contributed by atoms with Crippen LogP contribution in [0.4, 0.5) is 0 Å². The van der Waals surface area contributed by atoms with Crippen molar-refractivity contribution in [3.63, 3.8) is 0 Å². The second kappa shape index (κ2) is 5.58. The van der Waals surface area contributed by atoms with E-state index in [4.69, 9.17) is 0 Å². The van der Waals surface area contributed by atoms with Gasteiger partial charge in [-0.1, -0.05) is 6.92 Å². The molecule has 0 aromatic heterocycles. The van der Waals surface area contributed by atoms with E-state index in [1.54, 1.807) is 0 Å². The Morgan fingerprint density at radius 1 is 1.62 bits per heavy atom. The summed E-state index contributed by atoms with van der Waals surface area (Å²) in [6, 6.07) is 0. The van der Waals surface area contributed by atoms with Gasteiger partial charge in [-0.3, -0.25) is 0 Å². The molecule has 13 heavy (non-hydrogen) atoms. The van der Waals surface area contributed by atoms with Gasteiger partial charge in [0.15, 0.2) is 0 Å². The highest BCUT2D eigenvalue weighted by Crippen LogP contribution is 2.11. The number of hydrogen-bond acceptors (Lipinski definition) is 3. The fourth-order valence-electron chi connectivity index (χ4n) is 2.05. The Morgan fingerprint density at radius 2 is 2.38 bits per heavy atom. The minimum atomic E-state index is -0.0875. The van der Waals surface area contributed by atoms with E-state index in [9.17, 15) is 5.11 Å². The van der Waals surface area contributed by atoms with Gasteiger partial charge in [-0.2, -0.15) is 0 Å². The second-order valence-corrected chi connectivity index (χ2v) is 4.22. The van der Waals surface area contributed by atoms with Crippen LogP contribution in [0.2, 0.25) is 0 Å². The number of aliphatic hydroxyl groups is 1. The molecule has 0 radical (unpaired) electrons. The van der Waals surface area contributed by atoms with Crippen LogP contribution in [-0.2, 0) is 0 Å². The van der Waals surface area contributed by atoms with E-state index >= 15 is 0 Å². The van der Waals surface area contributed by atoms with Crippen molar-refractivity contribution in [2.24, 2.45) is 5.92 Å². The Balaban J connectivity index is 2.19. The Bertz CT molecular complexity index is 141. The molecule has 0 spiro atoms. The standard InChI is InChI=1S/C10H22N2O/c1-9(6-11-2)7-12-5-3-4-10(13)8-12/h9-11,13H,3-8H2,1-2H3. The van der Waals surface area contributed by atoms with E-state index in [0.717, 1.165) is 39.0 Å². The van der Waals surface area contributed by atoms with Gasteiger partial charge in [-0.05, 0) is 38.9 Å². The number of likely N-dealkylation sites (tertiary alicyclic amines) is 1. The molecule has 0 aliphatic carbocycles. The van der Waals surface area contributed by atoms with Crippen LogP contribution >= 0.6 is 0 Å². The summed E-state index contributed by atoms with van der Waals surface area (Å²) in [5.74, 6) is 0.676. The van der Waals surface area contributed by atoms with Gasteiger partial charge in [0.2, 0.25) is 0 Å². The van der Waals surface area contributed by atoms with Gasteiger partial charge in [0.25, 0.3) is 0 Å². The maximum atomic E-state index is 9.47. The van der Waals surface area contributed by atoms with Crippen LogP contribution in [0.1, 0.15) is 19.8 Å². The highest BCUT2D eigenvalue weighted by atomic mass is 16.3. The topological polar surface area (TPSA) is 35.5 Å². The van der Waals surface area contributed by atoms with Gasteiger partial charge >= 0.3 is 0 Å². The first-order valence-corrected chi connectivity index (χ1v) is 5.27. The van der Waals surface area contributed by atoms with Crippen molar-refractivity contribution < 1.29 is 5.11 Å². The van der Waals surface area contributed by atoms with E-state index in [0.29, 0.717) is 5.92 Å². The number of rotatable bonds is 4. The Kier molecular flexibility index (Phi) is 4.70. The molecule has 0 bridgehead atoms. The first-order valence-electron chi connectivity index (χ1n) is 5.27. The van der Waals surface area contributed by atoms with Crippen molar-refractivity contribution in [2.75, 3.05) is 33.2 Å². The van der Waals surface area contributed by atoms with Crippen molar-refractivity contribution >= 4 is 0 Å². The maximum Gasteiger partial charge on any atom is 0.0667 e. The molecular weight excluding hydrogens is 164 g/mol. The number of nitrogens with zero attached hydrogens (tertiary/aromatic N) is 1. The van der Waals surface area contributed by atoms with E-state index in [1.165, 1.54) is 0 Å². The summed E-state index contributed by atoms with van der Waals surface area (Å²) in [6.07, 6.45) is 2.04. The SMILES string of the molecule is CNCC(C)CN1CCCC(O)C1. The van der Waals surface area contributed by atoms with E-state index in [-0.39, 0.29) is 6.10 Å². The molecule has 0 saturated carbocycles. The van der Waals surface area contributed by atoms with E-state index < -0.39 is 0 Å². The summed E-state index contributed by atoms with van der Waals surface area (Å²) >= 11 is 0. The lowest BCUT2D eigenvalue weighted by Crippen LogP contribution is -2.41. The highest BCUT2D eigenvalue weighted by Gasteiger charge is 2.18. The summed E-state index contributed by atoms with van der Waals surface area (Å²) in [4.78, 5) is 2.37. The molecule has 2 atom stereocenters. The van der Waals surface area contributed by atoms with Crippen LogP contribution in [0.3, 0.4) is 0 Å². The number of aliphatic hydroxyl groups excluding tert-OH is 1. The smallest absolute Gasteiger partial charge is 0.0667 e. The maximum absolute atomic E-state index is 9.47. The Labute approximate surface area is 81.1 Å². The van der Waals surface area contributed by atoms with Crippen LogP contribution in [0.25, 0.3) is 0 Å². The van der Waals surface area contributed by atoms with Gasteiger partial charge in [-0.25, -0.2) is 0 Å². The Morgan fingerprint density at radius 3 is 3.00 bits per heavy atom. The third kappa shape index (κ3) is 4.07. The summed E-state index contributed by atoms with van der Waals surface area (Å²) in [7, 11) is 1.99. The Hall–Kier alpha value is -0.120. The van der Waals surface area contributed by atoms with Crippen LogP contribution in [0.5, 0.6) is 0 Å². The van der Waals surface area contributed by atoms with Gasteiger partial charge < -0.3 is 15.3 Å². The molecule has 1 rings (SSSR count). The number of nitrogens with one attached hydrogen (secondary N) is 1. The van der Waals surface area contributed by atoms with Crippen LogP contribution in [0.15, 0.2) is 0 Å². The molecule has 78 valence electrons. The second-order valence-electron chi connectivity index (χ2n) is 4.22. The summed E-state index contributed by atoms with van der Waals surface area (Å²) in [5.41, 5.74) is 0. The van der Waals surface area contributed by atoms with Gasteiger partial charge in [0.1, 0.15) is 0 Å². The molecule has 2 unspecified atom stereocenters. The number of piperidine rings is 1. The van der Waals surface area contributed by atoms with Gasteiger partial charge in [0, 0.05) is 13.1 Å². The minimum Gasteiger partial charge on any atom is -0.392 e. The number of β-amino-alcohol motifs (C(OH)–C–C–N with tert-alkyl or cyclic N) is 1. The average molecular weight is 186 g/mol. The quantitative estimate of drug-likeness (QED) is 0.663. The molecule has 1 saturated heterocycles. The number of hydrogen-bond donors (Lipinski definition) is 2. The fraction of sp³-hybridized carbons (Fsp3) is 1.00. The molecule has 0 aromatic carbocycles. The van der Waals surface area contributed by atoms with Crippen molar-refractivity contribution in [3.8, 4) is 0 Å². The van der Waals surface area contributed by atoms with E-state index in [1.807, 2.05) is 7.05 Å². The highest BCUT2D eigenvalue weighted by molar-refractivity contribution is 4.73. The fourth-order valence-corrected chi connectivity index (χ4v) is 2.05. The molecule has 1 heterocycles. The lowest BCUT2D eigenvalue weighted by atomic mass is 10.1. The summed E-state index contributed by atoms with van der Waals surface area (Å²) in [5, 5.41) is 12.6. The van der Waals surface area contributed by atoms with Crippen molar-refractivity contribution in [1.29, 1.82) is 0 Å². The van der Waals surface area contributed by atoms with Crippen LogP contribution in [-0.4, -0.2) is 49.3 Å². The van der Waals surface area contributed by atoms with Gasteiger partial charge in [-0.15, -0.1) is 0 Å². The molecule has 3 nitrogen and oxygen atoms in total. The lowest BCUT2D eigenvalue weighted by molar-refractivity contribution is 0.0636. The van der Waals surface area contributed by atoms with Crippen molar-refractivity contribution in [1.82, 2.24) is 10.2 Å². The monoisotopic (exact) mass is 186 g/mol. The third-order valence-electron chi connectivity index (χ3n) is 2.60. The van der Waals surface area contributed by atoms with Crippen molar-refractivity contribution in [3.05, 3.63) is 0 Å². The zero-order valence-corrected chi connectivity index (χ0v) is 8.79. The average Bonchev–Trinajstić information content (AvgIpc) is 2.04. The zero-order valence-electron chi connectivity index (χ0n) is 8.79. The predicted molar refractivity (Wildman–Crippen MR) is 54.8 cm³/mol. The minimum absolute atomic E-state index is 0.0875. The normalized spacial score (nSPS) is 27.5. The largest absolute Gasteiger partial charge is 0.392 e. The summed E-state index contributed by atoms with van der Waals surface area (Å²) in [6.45, 7) is 6.45. The van der Waals surface area contributed by atoms with Crippen LogP contribution < -0.4 is 5.32 Å². The molecule has 0 aromatic rings. The molecule has 0 amide bonds. The molecule has 1 aliphatic heterocycles. The van der Waals surface area contributed by atoms with Crippen molar-refractivity contribution in [2.45, 2.75) is 25.9 Å². The van der Waals surface area contributed by atoms with E-state index in [2.05, 4.69) is 17.1 Å². The summed E-state index contributed by atoms with van der Waals surface area (Å²) < 4.78 is 0. The first kappa shape index (κ1) is 11.0. The molecule has 1 fully saturated rings. The van der Waals surface area contributed by atoms with Gasteiger partial charge in [0.05, 0.1) is 6.10 Å². The van der Waals surface area contributed by atoms with Crippen LogP contribution in [0, 0.1) is 5.92 Å². The third-order valence-corrected chi connectivity index (χ3v) is 2.60. The molecule has 1 aliphatic rings. The zero-order chi connectivity index (χ0) is 9.68.